The lowest BCUT2D eigenvalue weighted by Gasteiger charge is -2.00. The summed E-state index contributed by atoms with van der Waals surface area (Å²) in [5.41, 5.74) is 2.41. The van der Waals surface area contributed by atoms with E-state index < -0.39 is 0 Å². The number of aromatic nitrogens is 1. The van der Waals surface area contributed by atoms with Gasteiger partial charge in [0, 0.05) is 10.0 Å². The van der Waals surface area contributed by atoms with E-state index in [1.165, 1.54) is 0 Å². The molecule has 0 aliphatic heterocycles. The Morgan fingerprint density at radius 3 is 2.50 bits per heavy atom. The Bertz CT molecular complexity index is 753. The third-order valence-corrected chi connectivity index (χ3v) is 4.17. The molecule has 0 aliphatic rings. The van der Waals surface area contributed by atoms with Crippen molar-refractivity contribution in [3.63, 3.8) is 0 Å². The lowest BCUT2D eigenvalue weighted by Crippen LogP contribution is -1.82. The van der Waals surface area contributed by atoms with Crippen LogP contribution in [0.1, 0.15) is 0 Å². The maximum atomic E-state index is 6.17. The summed E-state index contributed by atoms with van der Waals surface area (Å²) in [5, 5.41) is 0.922. The molecule has 1 aromatic heterocycles. The average molecular weight is 369 g/mol. The molecule has 0 saturated heterocycles. The highest BCUT2D eigenvalue weighted by atomic mass is 79.9. The Kier molecular flexibility index (Phi) is 3.83. The van der Waals surface area contributed by atoms with Crippen LogP contribution in [0.25, 0.3) is 22.7 Å². The van der Waals surface area contributed by atoms with Gasteiger partial charge >= 0.3 is 0 Å². The topological polar surface area (TPSA) is 26.0 Å². The fourth-order valence-corrected chi connectivity index (χ4v) is 2.47. The number of rotatable bonds is 2. The molecule has 0 amide bonds. The van der Waals surface area contributed by atoms with Crippen molar-refractivity contribution in [1.82, 2.24) is 4.98 Å². The smallest absolute Gasteiger partial charge is 0.228 e. The van der Waals surface area contributed by atoms with Crippen LogP contribution in [0.4, 0.5) is 0 Å². The zero-order valence-corrected chi connectivity index (χ0v) is 13.2. The van der Waals surface area contributed by atoms with E-state index in [4.69, 9.17) is 27.6 Å². The van der Waals surface area contributed by atoms with E-state index in [0.717, 1.165) is 15.7 Å². The summed E-state index contributed by atoms with van der Waals surface area (Å²) in [5.74, 6) is 0.454. The molecule has 0 N–H and O–H groups in total. The minimum atomic E-state index is 0.443. The molecule has 1 heterocycles. The van der Waals surface area contributed by atoms with Crippen molar-refractivity contribution in [2.45, 2.75) is 0 Å². The van der Waals surface area contributed by atoms with E-state index >= 15 is 0 Å². The summed E-state index contributed by atoms with van der Waals surface area (Å²) in [4.78, 5) is 4.46. The number of nitrogens with zero attached hydrogens (tertiary/aromatic N) is 1. The summed E-state index contributed by atoms with van der Waals surface area (Å²) in [6, 6.07) is 13.2. The van der Waals surface area contributed by atoms with Crippen LogP contribution in [0, 0.1) is 0 Å². The van der Waals surface area contributed by atoms with Crippen molar-refractivity contribution < 1.29 is 4.42 Å². The van der Waals surface area contributed by atoms with Gasteiger partial charge in [-0.15, -0.1) is 0 Å². The standard InChI is InChI=1S/C15H8BrCl2NO/c16-10-6-4-9(5-7-10)13-8-20-15(19-13)11-2-1-3-12(17)14(11)18/h1-8H. The van der Waals surface area contributed by atoms with Crippen molar-refractivity contribution in [3.8, 4) is 22.7 Å². The second-order valence-corrected chi connectivity index (χ2v) is 5.85. The summed E-state index contributed by atoms with van der Waals surface area (Å²) >= 11 is 15.6. The second kappa shape index (κ2) is 5.60. The van der Waals surface area contributed by atoms with Crippen LogP contribution < -0.4 is 0 Å². The molecule has 20 heavy (non-hydrogen) atoms. The van der Waals surface area contributed by atoms with Gasteiger partial charge in [-0.3, -0.25) is 0 Å². The first kappa shape index (κ1) is 13.7. The fourth-order valence-electron chi connectivity index (χ4n) is 1.82. The first-order valence-corrected chi connectivity index (χ1v) is 7.36. The predicted molar refractivity (Wildman–Crippen MR) is 85.1 cm³/mol. The lowest BCUT2D eigenvalue weighted by molar-refractivity contribution is 0.575. The van der Waals surface area contributed by atoms with E-state index in [2.05, 4.69) is 20.9 Å². The first-order valence-electron chi connectivity index (χ1n) is 5.81. The number of hydrogen-bond acceptors (Lipinski definition) is 2. The van der Waals surface area contributed by atoms with Crippen LogP contribution in [0.5, 0.6) is 0 Å². The molecule has 100 valence electrons. The highest BCUT2D eigenvalue weighted by molar-refractivity contribution is 9.10. The molecular formula is C15H8BrCl2NO. The van der Waals surface area contributed by atoms with E-state index in [1.54, 1.807) is 12.3 Å². The summed E-state index contributed by atoms with van der Waals surface area (Å²) in [6.07, 6.45) is 1.61. The van der Waals surface area contributed by atoms with E-state index in [-0.39, 0.29) is 0 Å². The zero-order valence-electron chi connectivity index (χ0n) is 10.1. The molecule has 0 aliphatic carbocycles. The minimum absolute atomic E-state index is 0.443. The van der Waals surface area contributed by atoms with Crippen LogP contribution >= 0.6 is 39.1 Å². The third-order valence-electron chi connectivity index (χ3n) is 2.83. The quantitative estimate of drug-likeness (QED) is 0.547. The lowest BCUT2D eigenvalue weighted by atomic mass is 10.2. The Hall–Kier alpha value is -1.29. The Morgan fingerprint density at radius 2 is 1.75 bits per heavy atom. The number of halogens is 3. The number of benzene rings is 2. The molecule has 0 atom stereocenters. The van der Waals surface area contributed by atoms with Crippen molar-refractivity contribution in [3.05, 3.63) is 63.2 Å². The van der Waals surface area contributed by atoms with Gasteiger partial charge in [-0.1, -0.05) is 57.3 Å². The van der Waals surface area contributed by atoms with Crippen LogP contribution in [-0.2, 0) is 0 Å². The highest BCUT2D eigenvalue weighted by Gasteiger charge is 2.13. The minimum Gasteiger partial charge on any atom is -0.444 e. The highest BCUT2D eigenvalue weighted by Crippen LogP contribution is 2.34. The molecular weight excluding hydrogens is 361 g/mol. The molecule has 0 saturated carbocycles. The van der Waals surface area contributed by atoms with Gasteiger partial charge in [0.25, 0.3) is 0 Å². The number of hydrogen-bond donors (Lipinski definition) is 0. The molecule has 0 spiro atoms. The van der Waals surface area contributed by atoms with Gasteiger partial charge < -0.3 is 4.42 Å². The Labute approximate surface area is 134 Å². The van der Waals surface area contributed by atoms with Crippen LogP contribution in [0.3, 0.4) is 0 Å². The number of oxazole rings is 1. The van der Waals surface area contributed by atoms with Gasteiger partial charge in [0.1, 0.15) is 12.0 Å². The van der Waals surface area contributed by atoms with E-state index in [0.29, 0.717) is 21.5 Å². The van der Waals surface area contributed by atoms with Crippen molar-refractivity contribution in [1.29, 1.82) is 0 Å². The molecule has 2 nitrogen and oxygen atoms in total. The van der Waals surface area contributed by atoms with Crippen molar-refractivity contribution >= 4 is 39.1 Å². The van der Waals surface area contributed by atoms with Gasteiger partial charge in [-0.2, -0.15) is 0 Å². The fraction of sp³-hybridized carbons (Fsp3) is 0. The maximum absolute atomic E-state index is 6.17. The Balaban J connectivity index is 2.02. The molecule has 0 fully saturated rings. The molecule has 0 bridgehead atoms. The average Bonchev–Trinajstić information content (AvgIpc) is 2.92. The predicted octanol–water partition coefficient (Wildman–Crippen LogP) is 6.08. The summed E-state index contributed by atoms with van der Waals surface area (Å²) < 4.78 is 6.52. The van der Waals surface area contributed by atoms with E-state index in [9.17, 15) is 0 Å². The molecule has 0 unspecified atom stereocenters. The Morgan fingerprint density at radius 1 is 1.00 bits per heavy atom. The summed E-state index contributed by atoms with van der Waals surface area (Å²) in [7, 11) is 0. The monoisotopic (exact) mass is 367 g/mol. The maximum Gasteiger partial charge on any atom is 0.228 e. The van der Waals surface area contributed by atoms with Gasteiger partial charge in [0.2, 0.25) is 5.89 Å². The van der Waals surface area contributed by atoms with Gasteiger partial charge in [-0.25, -0.2) is 4.98 Å². The SMILES string of the molecule is Clc1cccc(-c2nc(-c3ccc(Br)cc3)co2)c1Cl. The molecule has 0 radical (unpaired) electrons. The van der Waals surface area contributed by atoms with Crippen molar-refractivity contribution in [2.75, 3.05) is 0 Å². The van der Waals surface area contributed by atoms with Crippen LogP contribution in [0.15, 0.2) is 57.6 Å². The van der Waals surface area contributed by atoms with Gasteiger partial charge in [-0.05, 0) is 24.3 Å². The normalized spacial score (nSPS) is 10.8. The molecule has 2 aromatic carbocycles. The second-order valence-electron chi connectivity index (χ2n) is 4.15. The van der Waals surface area contributed by atoms with Gasteiger partial charge in [0.15, 0.2) is 0 Å². The first-order chi connectivity index (χ1) is 9.65. The van der Waals surface area contributed by atoms with E-state index in [1.807, 2.05) is 36.4 Å². The van der Waals surface area contributed by atoms with Crippen molar-refractivity contribution in [2.24, 2.45) is 0 Å². The third kappa shape index (κ3) is 2.62. The van der Waals surface area contributed by atoms with Crippen LogP contribution in [-0.4, -0.2) is 4.98 Å². The van der Waals surface area contributed by atoms with Gasteiger partial charge in [0.05, 0.1) is 15.6 Å². The molecule has 3 rings (SSSR count). The molecule has 5 heteroatoms. The van der Waals surface area contributed by atoms with Crippen LogP contribution in [0.2, 0.25) is 10.0 Å². The zero-order chi connectivity index (χ0) is 14.1. The largest absolute Gasteiger partial charge is 0.444 e. The molecule has 3 aromatic rings. The summed E-state index contributed by atoms with van der Waals surface area (Å²) in [6.45, 7) is 0.